The lowest BCUT2D eigenvalue weighted by Gasteiger charge is -2.36. The van der Waals surface area contributed by atoms with Crippen molar-refractivity contribution in [2.75, 3.05) is 37.7 Å². The molecule has 3 rings (SSSR count). The molecule has 1 amide bonds. The molecule has 4 nitrogen and oxygen atoms in total. The van der Waals surface area contributed by atoms with E-state index in [0.717, 1.165) is 24.5 Å². The second-order valence-electron chi connectivity index (χ2n) is 6.04. The van der Waals surface area contributed by atoms with Crippen LogP contribution in [0, 0.1) is 5.82 Å². The molecule has 0 bridgehead atoms. The Hall–Kier alpha value is -2.56. The molecule has 2 aromatic rings. The monoisotopic (exact) mass is 342 g/mol. The Morgan fingerprint density at radius 2 is 1.72 bits per heavy atom. The van der Waals surface area contributed by atoms with Crippen molar-refractivity contribution in [3.8, 4) is 5.75 Å². The average molecular weight is 342 g/mol. The molecule has 1 saturated heterocycles. The van der Waals surface area contributed by atoms with E-state index in [2.05, 4.69) is 4.90 Å². The molecule has 0 aliphatic carbocycles. The summed E-state index contributed by atoms with van der Waals surface area (Å²) in [5.74, 6) is 0.527. The lowest BCUT2D eigenvalue weighted by molar-refractivity contribution is -0.130. The number of benzene rings is 2. The van der Waals surface area contributed by atoms with Crippen LogP contribution < -0.4 is 9.64 Å². The zero-order chi connectivity index (χ0) is 17.6. The van der Waals surface area contributed by atoms with E-state index in [1.807, 2.05) is 36.1 Å². The highest BCUT2D eigenvalue weighted by Gasteiger charge is 2.23. The number of carbonyl (C=O) groups excluding carboxylic acids is 1. The first-order valence-corrected chi connectivity index (χ1v) is 8.67. The van der Waals surface area contributed by atoms with E-state index in [9.17, 15) is 9.18 Å². The van der Waals surface area contributed by atoms with Crippen molar-refractivity contribution >= 4 is 11.6 Å². The molecule has 0 radical (unpaired) electrons. The summed E-state index contributed by atoms with van der Waals surface area (Å²) in [5.41, 5.74) is 1.52. The van der Waals surface area contributed by atoms with Crippen LogP contribution in [0.25, 0.3) is 0 Å². The normalized spacial score (nSPS) is 14.5. The van der Waals surface area contributed by atoms with Crippen LogP contribution in [0.15, 0.2) is 48.5 Å². The summed E-state index contributed by atoms with van der Waals surface area (Å²) in [5, 5.41) is 0. The number of halogens is 1. The number of ether oxygens (including phenoxy) is 1. The van der Waals surface area contributed by atoms with Crippen molar-refractivity contribution in [1.82, 2.24) is 4.90 Å². The number of hydrogen-bond acceptors (Lipinski definition) is 3. The molecule has 1 aliphatic heterocycles. The van der Waals surface area contributed by atoms with Gasteiger partial charge in [0.05, 0.1) is 18.7 Å². The highest BCUT2D eigenvalue weighted by atomic mass is 19.1. The lowest BCUT2D eigenvalue weighted by Crippen LogP contribution is -2.49. The number of piperazine rings is 1. The first-order valence-electron chi connectivity index (χ1n) is 8.67. The third-order valence-corrected chi connectivity index (χ3v) is 4.44. The highest BCUT2D eigenvalue weighted by molar-refractivity contribution is 5.79. The Kier molecular flexibility index (Phi) is 5.53. The van der Waals surface area contributed by atoms with E-state index in [-0.39, 0.29) is 18.1 Å². The SMILES string of the molecule is CCOc1ccccc1N1CCN(C(=O)Cc2ccccc2F)CC1. The van der Waals surface area contributed by atoms with Gasteiger partial charge >= 0.3 is 0 Å². The third kappa shape index (κ3) is 4.10. The largest absolute Gasteiger partial charge is 0.492 e. The summed E-state index contributed by atoms with van der Waals surface area (Å²) < 4.78 is 19.4. The highest BCUT2D eigenvalue weighted by Crippen LogP contribution is 2.28. The smallest absolute Gasteiger partial charge is 0.227 e. The number of nitrogens with zero attached hydrogens (tertiary/aromatic N) is 2. The van der Waals surface area contributed by atoms with Gasteiger partial charge in [0.1, 0.15) is 11.6 Å². The fourth-order valence-electron chi connectivity index (χ4n) is 3.11. The van der Waals surface area contributed by atoms with Gasteiger partial charge < -0.3 is 14.5 Å². The molecule has 1 heterocycles. The zero-order valence-electron chi connectivity index (χ0n) is 14.5. The number of anilines is 1. The number of rotatable bonds is 5. The lowest BCUT2D eigenvalue weighted by atomic mass is 10.1. The van der Waals surface area contributed by atoms with E-state index in [0.29, 0.717) is 25.3 Å². The molecule has 0 aromatic heterocycles. The van der Waals surface area contributed by atoms with Gasteiger partial charge in [0.15, 0.2) is 0 Å². The van der Waals surface area contributed by atoms with Crippen molar-refractivity contribution < 1.29 is 13.9 Å². The fraction of sp³-hybridized carbons (Fsp3) is 0.350. The van der Waals surface area contributed by atoms with Gasteiger partial charge in [0.2, 0.25) is 5.91 Å². The quantitative estimate of drug-likeness (QED) is 0.837. The van der Waals surface area contributed by atoms with E-state index in [1.54, 1.807) is 18.2 Å². The standard InChI is InChI=1S/C20H23FN2O2/c1-2-25-19-10-6-5-9-18(19)22-11-13-23(14-12-22)20(24)15-16-7-3-4-8-17(16)21/h3-10H,2,11-15H2,1H3. The minimum atomic E-state index is -0.319. The molecule has 25 heavy (non-hydrogen) atoms. The van der Waals surface area contributed by atoms with Crippen molar-refractivity contribution in [2.45, 2.75) is 13.3 Å². The van der Waals surface area contributed by atoms with Gasteiger partial charge in [-0.05, 0) is 30.7 Å². The van der Waals surface area contributed by atoms with Crippen LogP contribution in [0.1, 0.15) is 12.5 Å². The molecule has 1 fully saturated rings. The second kappa shape index (κ2) is 8.01. The van der Waals surface area contributed by atoms with Gasteiger partial charge in [-0.3, -0.25) is 4.79 Å². The average Bonchev–Trinajstić information content (AvgIpc) is 2.64. The fourth-order valence-corrected chi connectivity index (χ4v) is 3.11. The Labute approximate surface area is 147 Å². The number of para-hydroxylation sites is 2. The predicted octanol–water partition coefficient (Wildman–Crippen LogP) is 3.12. The summed E-state index contributed by atoms with van der Waals surface area (Å²) in [6, 6.07) is 14.4. The Morgan fingerprint density at radius 1 is 1.04 bits per heavy atom. The Morgan fingerprint density at radius 3 is 2.44 bits per heavy atom. The third-order valence-electron chi connectivity index (χ3n) is 4.44. The molecule has 1 aliphatic rings. The van der Waals surface area contributed by atoms with E-state index in [1.165, 1.54) is 6.07 Å². The molecule has 0 saturated carbocycles. The molecular weight excluding hydrogens is 319 g/mol. The Bertz CT molecular complexity index is 727. The maximum absolute atomic E-state index is 13.7. The molecular formula is C20H23FN2O2. The van der Waals surface area contributed by atoms with Crippen LogP contribution in [0.4, 0.5) is 10.1 Å². The van der Waals surface area contributed by atoms with Gasteiger partial charge in [-0.25, -0.2) is 4.39 Å². The zero-order valence-corrected chi connectivity index (χ0v) is 14.5. The first-order chi connectivity index (χ1) is 12.2. The molecule has 0 spiro atoms. The summed E-state index contributed by atoms with van der Waals surface area (Å²) in [4.78, 5) is 16.5. The van der Waals surface area contributed by atoms with Crippen molar-refractivity contribution in [1.29, 1.82) is 0 Å². The summed E-state index contributed by atoms with van der Waals surface area (Å²) in [7, 11) is 0. The van der Waals surface area contributed by atoms with Crippen LogP contribution in [0.2, 0.25) is 0 Å². The summed E-state index contributed by atoms with van der Waals surface area (Å²) >= 11 is 0. The van der Waals surface area contributed by atoms with Gasteiger partial charge in [-0.2, -0.15) is 0 Å². The minimum absolute atomic E-state index is 0.0251. The van der Waals surface area contributed by atoms with Crippen molar-refractivity contribution in [3.63, 3.8) is 0 Å². The Balaban J connectivity index is 1.60. The van der Waals surface area contributed by atoms with Gasteiger partial charge in [0.25, 0.3) is 0 Å². The number of hydrogen-bond donors (Lipinski definition) is 0. The van der Waals surface area contributed by atoms with Crippen LogP contribution >= 0.6 is 0 Å². The maximum Gasteiger partial charge on any atom is 0.227 e. The summed E-state index contributed by atoms with van der Waals surface area (Å²) in [6.45, 7) is 5.34. The van der Waals surface area contributed by atoms with Crippen molar-refractivity contribution in [3.05, 3.63) is 59.9 Å². The predicted molar refractivity (Wildman–Crippen MR) is 96.5 cm³/mol. The second-order valence-corrected chi connectivity index (χ2v) is 6.04. The number of carbonyl (C=O) groups is 1. The molecule has 2 aromatic carbocycles. The molecule has 5 heteroatoms. The van der Waals surface area contributed by atoms with Gasteiger partial charge in [-0.15, -0.1) is 0 Å². The van der Waals surface area contributed by atoms with Gasteiger partial charge in [0, 0.05) is 26.2 Å². The maximum atomic E-state index is 13.7. The number of amides is 1. The van der Waals surface area contributed by atoms with Crippen LogP contribution in [-0.4, -0.2) is 43.6 Å². The minimum Gasteiger partial charge on any atom is -0.492 e. The molecule has 132 valence electrons. The van der Waals surface area contributed by atoms with Crippen LogP contribution in [0.3, 0.4) is 0 Å². The first kappa shape index (κ1) is 17.3. The topological polar surface area (TPSA) is 32.8 Å². The molecule has 0 unspecified atom stereocenters. The van der Waals surface area contributed by atoms with E-state index < -0.39 is 0 Å². The van der Waals surface area contributed by atoms with Crippen molar-refractivity contribution in [2.24, 2.45) is 0 Å². The van der Waals surface area contributed by atoms with Crippen LogP contribution in [0.5, 0.6) is 5.75 Å². The molecule has 0 atom stereocenters. The van der Waals surface area contributed by atoms with E-state index >= 15 is 0 Å². The molecule has 0 N–H and O–H groups in total. The van der Waals surface area contributed by atoms with Gasteiger partial charge in [-0.1, -0.05) is 30.3 Å². The summed E-state index contributed by atoms with van der Waals surface area (Å²) in [6.07, 6.45) is 0.113. The van der Waals surface area contributed by atoms with E-state index in [4.69, 9.17) is 4.74 Å². The van der Waals surface area contributed by atoms with Crippen LogP contribution in [-0.2, 0) is 11.2 Å².